The third-order valence-corrected chi connectivity index (χ3v) is 5.39. The summed E-state index contributed by atoms with van der Waals surface area (Å²) >= 11 is 3.51. The molecule has 1 aromatic carbocycles. The van der Waals surface area contributed by atoms with E-state index in [4.69, 9.17) is 9.51 Å². The number of nitrogens with zero attached hydrogens (tertiary/aromatic N) is 3. The number of benzene rings is 1. The van der Waals surface area contributed by atoms with Gasteiger partial charge in [0.1, 0.15) is 0 Å². The third-order valence-electron chi connectivity index (χ3n) is 4.87. The van der Waals surface area contributed by atoms with E-state index in [1.54, 1.807) is 6.20 Å². The van der Waals surface area contributed by atoms with Gasteiger partial charge in [0.25, 0.3) is 5.89 Å². The maximum absolute atomic E-state index is 5.56. The molecule has 0 atom stereocenters. The summed E-state index contributed by atoms with van der Waals surface area (Å²) < 4.78 is 6.65. The van der Waals surface area contributed by atoms with Crippen molar-refractivity contribution in [2.45, 2.75) is 38.0 Å². The van der Waals surface area contributed by atoms with Crippen LogP contribution in [0.3, 0.4) is 0 Å². The van der Waals surface area contributed by atoms with Crippen LogP contribution in [0.25, 0.3) is 11.5 Å². The first-order chi connectivity index (χ1) is 11.7. The number of aryl methyl sites for hydroxylation is 1. The van der Waals surface area contributed by atoms with Crippen LogP contribution < -0.4 is 0 Å². The molecule has 4 rings (SSSR count). The maximum atomic E-state index is 5.56. The van der Waals surface area contributed by atoms with Gasteiger partial charge in [-0.15, -0.1) is 0 Å². The van der Waals surface area contributed by atoms with Gasteiger partial charge in [0, 0.05) is 16.4 Å². The van der Waals surface area contributed by atoms with Crippen LogP contribution in [-0.4, -0.2) is 15.1 Å². The molecule has 0 saturated heterocycles. The van der Waals surface area contributed by atoms with E-state index in [1.807, 2.05) is 19.1 Å². The van der Waals surface area contributed by atoms with Crippen LogP contribution in [0.2, 0.25) is 0 Å². The molecule has 5 heteroatoms. The van der Waals surface area contributed by atoms with Crippen LogP contribution in [0, 0.1) is 6.92 Å². The van der Waals surface area contributed by atoms with E-state index in [-0.39, 0.29) is 5.41 Å². The minimum atomic E-state index is -0.138. The third kappa shape index (κ3) is 2.67. The van der Waals surface area contributed by atoms with E-state index >= 15 is 0 Å². The molecule has 4 nitrogen and oxygen atoms in total. The second-order valence-electron chi connectivity index (χ2n) is 6.41. The Kier molecular flexibility index (Phi) is 3.96. The second-order valence-corrected chi connectivity index (χ2v) is 7.32. The van der Waals surface area contributed by atoms with Crippen molar-refractivity contribution in [1.82, 2.24) is 15.1 Å². The molecular weight excluding hydrogens is 366 g/mol. The first kappa shape index (κ1) is 15.5. The Morgan fingerprint density at radius 1 is 1.04 bits per heavy atom. The van der Waals surface area contributed by atoms with Crippen molar-refractivity contribution in [2.75, 3.05) is 0 Å². The van der Waals surface area contributed by atoms with Crippen molar-refractivity contribution < 1.29 is 4.52 Å². The standard InChI is InChI=1S/C19H18BrN3O/c1-13-4-5-14(12-21-13)17-22-18(23-24-17)19(10-2-3-11-19)15-6-8-16(20)9-7-15/h4-9,12H,2-3,10-11H2,1H3. The molecule has 2 heterocycles. The maximum Gasteiger partial charge on any atom is 0.259 e. The molecule has 1 aliphatic rings. The highest BCUT2D eigenvalue weighted by Gasteiger charge is 2.41. The molecule has 1 fully saturated rings. The summed E-state index contributed by atoms with van der Waals surface area (Å²) in [5.74, 6) is 1.33. The molecule has 0 aliphatic heterocycles. The van der Waals surface area contributed by atoms with Crippen molar-refractivity contribution in [3.63, 3.8) is 0 Å². The lowest BCUT2D eigenvalue weighted by molar-refractivity contribution is 0.395. The Bertz CT molecular complexity index is 834. The lowest BCUT2D eigenvalue weighted by atomic mass is 9.78. The normalized spacial score (nSPS) is 16.4. The molecule has 1 saturated carbocycles. The molecule has 0 unspecified atom stereocenters. The van der Waals surface area contributed by atoms with Crippen LogP contribution >= 0.6 is 15.9 Å². The SMILES string of the molecule is Cc1ccc(-c2nc(C3(c4ccc(Br)cc4)CCCC3)no2)cn1. The van der Waals surface area contributed by atoms with Gasteiger partial charge < -0.3 is 4.52 Å². The second kappa shape index (κ2) is 6.13. The zero-order chi connectivity index (χ0) is 16.6. The molecule has 0 amide bonds. The quantitative estimate of drug-likeness (QED) is 0.633. The van der Waals surface area contributed by atoms with Gasteiger partial charge in [-0.25, -0.2) is 0 Å². The summed E-state index contributed by atoms with van der Waals surface area (Å²) in [7, 11) is 0. The number of aromatic nitrogens is 3. The largest absolute Gasteiger partial charge is 0.334 e. The van der Waals surface area contributed by atoms with Crippen molar-refractivity contribution in [3.8, 4) is 11.5 Å². The number of hydrogen-bond donors (Lipinski definition) is 0. The first-order valence-electron chi connectivity index (χ1n) is 8.21. The fourth-order valence-corrected chi connectivity index (χ4v) is 3.78. The van der Waals surface area contributed by atoms with Crippen molar-refractivity contribution in [3.05, 3.63) is 64.1 Å². The Balaban J connectivity index is 1.75. The molecule has 0 radical (unpaired) electrons. The molecule has 0 bridgehead atoms. The predicted molar refractivity (Wildman–Crippen MR) is 95.7 cm³/mol. The van der Waals surface area contributed by atoms with Crippen molar-refractivity contribution in [1.29, 1.82) is 0 Å². The summed E-state index contributed by atoms with van der Waals surface area (Å²) in [6.45, 7) is 1.96. The van der Waals surface area contributed by atoms with E-state index in [9.17, 15) is 0 Å². The van der Waals surface area contributed by atoms with E-state index in [1.165, 1.54) is 18.4 Å². The zero-order valence-electron chi connectivity index (χ0n) is 13.5. The van der Waals surface area contributed by atoms with Crippen molar-refractivity contribution in [2.24, 2.45) is 0 Å². The van der Waals surface area contributed by atoms with Gasteiger partial charge in [-0.1, -0.05) is 46.1 Å². The first-order valence-corrected chi connectivity index (χ1v) is 9.00. The fraction of sp³-hybridized carbons (Fsp3) is 0.316. The summed E-state index contributed by atoms with van der Waals surface area (Å²) in [6.07, 6.45) is 6.27. The molecule has 3 aromatic rings. The fourth-order valence-electron chi connectivity index (χ4n) is 3.52. The van der Waals surface area contributed by atoms with E-state index in [0.29, 0.717) is 5.89 Å². The Hall–Kier alpha value is -2.01. The number of hydrogen-bond acceptors (Lipinski definition) is 4. The van der Waals surface area contributed by atoms with Crippen molar-refractivity contribution >= 4 is 15.9 Å². The minimum absolute atomic E-state index is 0.138. The highest BCUT2D eigenvalue weighted by atomic mass is 79.9. The van der Waals surface area contributed by atoms with E-state index < -0.39 is 0 Å². The highest BCUT2D eigenvalue weighted by molar-refractivity contribution is 9.10. The average molecular weight is 384 g/mol. The highest BCUT2D eigenvalue weighted by Crippen LogP contribution is 2.45. The monoisotopic (exact) mass is 383 g/mol. The minimum Gasteiger partial charge on any atom is -0.334 e. The topological polar surface area (TPSA) is 51.8 Å². The van der Waals surface area contributed by atoms with Crippen LogP contribution in [0.4, 0.5) is 0 Å². The summed E-state index contributed by atoms with van der Waals surface area (Å²) in [5.41, 5.74) is 2.96. The van der Waals surface area contributed by atoms with Crippen LogP contribution in [0.5, 0.6) is 0 Å². The van der Waals surface area contributed by atoms with Gasteiger partial charge >= 0.3 is 0 Å². The Labute approximate surface area is 149 Å². The molecule has 2 aromatic heterocycles. The number of pyridine rings is 1. The Morgan fingerprint density at radius 2 is 1.79 bits per heavy atom. The van der Waals surface area contributed by atoms with Gasteiger partial charge in [0.2, 0.25) is 0 Å². The van der Waals surface area contributed by atoms with Gasteiger partial charge in [-0.2, -0.15) is 4.98 Å². The van der Waals surface area contributed by atoms with Gasteiger partial charge in [0.05, 0.1) is 11.0 Å². The molecule has 0 N–H and O–H groups in total. The van der Waals surface area contributed by atoms with Gasteiger partial charge in [-0.05, 0) is 49.6 Å². The summed E-state index contributed by atoms with van der Waals surface area (Å²) in [5, 5.41) is 4.34. The molecule has 0 spiro atoms. The van der Waals surface area contributed by atoms with E-state index in [0.717, 1.165) is 34.4 Å². The number of halogens is 1. The van der Waals surface area contributed by atoms with Gasteiger partial charge in [0.15, 0.2) is 5.82 Å². The van der Waals surface area contributed by atoms with Crippen LogP contribution in [-0.2, 0) is 5.41 Å². The smallest absolute Gasteiger partial charge is 0.259 e. The lowest BCUT2D eigenvalue weighted by Crippen LogP contribution is -2.25. The lowest BCUT2D eigenvalue weighted by Gasteiger charge is -2.25. The molecule has 1 aliphatic carbocycles. The molecule has 24 heavy (non-hydrogen) atoms. The number of rotatable bonds is 3. The molecule has 122 valence electrons. The van der Waals surface area contributed by atoms with Crippen LogP contribution in [0.1, 0.15) is 42.8 Å². The van der Waals surface area contributed by atoms with E-state index in [2.05, 4.69) is 50.3 Å². The average Bonchev–Trinajstić information content (AvgIpc) is 3.26. The summed E-state index contributed by atoms with van der Waals surface area (Å²) in [6, 6.07) is 12.4. The zero-order valence-corrected chi connectivity index (χ0v) is 15.1. The molecular formula is C19H18BrN3O. The summed E-state index contributed by atoms with van der Waals surface area (Å²) in [4.78, 5) is 9.05. The Morgan fingerprint density at radius 3 is 2.46 bits per heavy atom. The van der Waals surface area contributed by atoms with Crippen LogP contribution in [0.15, 0.2) is 51.6 Å². The predicted octanol–water partition coefficient (Wildman–Crippen LogP) is 5.06. The van der Waals surface area contributed by atoms with Gasteiger partial charge in [-0.3, -0.25) is 4.98 Å².